The van der Waals surface area contributed by atoms with E-state index in [1.807, 2.05) is 24.3 Å². The maximum absolute atomic E-state index is 12.4. The molecule has 1 spiro atoms. The standard InChI is InChI=1S/C19H26O4/c1-14(12-17(20)15-6-8-16(21-2)9-7-15)18-13-22-19(23-18)10-4-3-5-11-19/h6-9,14,18H,3-5,10-13H2,1-2H3. The number of hydrogen-bond donors (Lipinski definition) is 0. The zero-order valence-electron chi connectivity index (χ0n) is 14.0. The highest BCUT2D eigenvalue weighted by molar-refractivity contribution is 5.96. The number of ether oxygens (including phenoxy) is 3. The summed E-state index contributed by atoms with van der Waals surface area (Å²) in [5, 5.41) is 0. The highest BCUT2D eigenvalue weighted by Crippen LogP contribution is 2.39. The van der Waals surface area contributed by atoms with Gasteiger partial charge in [0.1, 0.15) is 5.75 Å². The van der Waals surface area contributed by atoms with Crippen molar-refractivity contribution in [2.45, 2.75) is 57.3 Å². The minimum atomic E-state index is -0.361. The number of carbonyl (C=O) groups excluding carboxylic acids is 1. The lowest BCUT2D eigenvalue weighted by atomic mass is 9.93. The minimum Gasteiger partial charge on any atom is -0.497 e. The smallest absolute Gasteiger partial charge is 0.168 e. The summed E-state index contributed by atoms with van der Waals surface area (Å²) in [4.78, 5) is 12.4. The molecule has 1 aliphatic heterocycles. The van der Waals surface area contributed by atoms with Gasteiger partial charge in [-0.1, -0.05) is 13.3 Å². The first kappa shape index (κ1) is 16.5. The molecule has 1 aromatic carbocycles. The van der Waals surface area contributed by atoms with Crippen molar-refractivity contribution in [1.29, 1.82) is 0 Å². The molecule has 23 heavy (non-hydrogen) atoms. The van der Waals surface area contributed by atoms with Gasteiger partial charge >= 0.3 is 0 Å². The van der Waals surface area contributed by atoms with Crippen molar-refractivity contribution >= 4 is 5.78 Å². The Labute approximate surface area is 138 Å². The third-order valence-corrected chi connectivity index (χ3v) is 5.05. The van der Waals surface area contributed by atoms with Crippen LogP contribution in [0, 0.1) is 5.92 Å². The molecule has 1 heterocycles. The first-order chi connectivity index (χ1) is 11.1. The van der Waals surface area contributed by atoms with Gasteiger partial charge in [0.2, 0.25) is 0 Å². The van der Waals surface area contributed by atoms with Crippen molar-refractivity contribution in [3.63, 3.8) is 0 Å². The van der Waals surface area contributed by atoms with Crippen LogP contribution in [-0.2, 0) is 9.47 Å². The Morgan fingerprint density at radius 2 is 1.96 bits per heavy atom. The average molecular weight is 318 g/mol. The summed E-state index contributed by atoms with van der Waals surface area (Å²) in [5.41, 5.74) is 0.726. The molecular weight excluding hydrogens is 292 g/mol. The molecule has 3 rings (SSSR count). The lowest BCUT2D eigenvalue weighted by molar-refractivity contribution is -0.190. The summed E-state index contributed by atoms with van der Waals surface area (Å²) in [6.07, 6.45) is 6.10. The van der Waals surface area contributed by atoms with Gasteiger partial charge in [0.05, 0.1) is 19.8 Å². The molecule has 1 saturated carbocycles. The summed E-state index contributed by atoms with van der Waals surface area (Å²) < 4.78 is 17.3. The first-order valence-corrected chi connectivity index (χ1v) is 8.61. The number of rotatable bonds is 5. The number of carbonyl (C=O) groups is 1. The minimum absolute atomic E-state index is 0.0234. The lowest BCUT2D eigenvalue weighted by Gasteiger charge is -2.32. The molecule has 2 unspecified atom stereocenters. The van der Waals surface area contributed by atoms with Crippen LogP contribution in [0.1, 0.15) is 55.8 Å². The van der Waals surface area contributed by atoms with Gasteiger partial charge in [0.15, 0.2) is 11.6 Å². The number of ketones is 1. The second kappa shape index (κ2) is 7.02. The van der Waals surface area contributed by atoms with Gasteiger partial charge in [-0.3, -0.25) is 4.79 Å². The van der Waals surface area contributed by atoms with Gasteiger partial charge in [-0.05, 0) is 43.0 Å². The van der Waals surface area contributed by atoms with Crippen molar-refractivity contribution in [2.24, 2.45) is 5.92 Å². The number of methoxy groups -OCH3 is 1. The summed E-state index contributed by atoms with van der Waals surface area (Å²) in [6, 6.07) is 7.29. The number of benzene rings is 1. The summed E-state index contributed by atoms with van der Waals surface area (Å²) >= 11 is 0. The predicted molar refractivity (Wildman–Crippen MR) is 87.7 cm³/mol. The lowest BCUT2D eigenvalue weighted by Crippen LogP contribution is -2.34. The van der Waals surface area contributed by atoms with E-state index < -0.39 is 0 Å². The van der Waals surface area contributed by atoms with Gasteiger partial charge in [-0.25, -0.2) is 0 Å². The SMILES string of the molecule is COc1ccc(C(=O)CC(C)C2COC3(CCCCC3)O2)cc1. The van der Waals surface area contributed by atoms with Gasteiger partial charge in [-0.15, -0.1) is 0 Å². The molecule has 2 atom stereocenters. The van der Waals surface area contributed by atoms with Crippen molar-refractivity contribution in [2.75, 3.05) is 13.7 Å². The Morgan fingerprint density at radius 1 is 1.26 bits per heavy atom. The molecule has 0 aromatic heterocycles. The monoisotopic (exact) mass is 318 g/mol. The fourth-order valence-corrected chi connectivity index (χ4v) is 3.53. The van der Waals surface area contributed by atoms with Crippen molar-refractivity contribution < 1.29 is 19.0 Å². The van der Waals surface area contributed by atoms with E-state index in [1.165, 1.54) is 19.3 Å². The molecule has 126 valence electrons. The highest BCUT2D eigenvalue weighted by Gasteiger charge is 2.43. The molecule has 0 radical (unpaired) electrons. The van der Waals surface area contributed by atoms with E-state index in [0.29, 0.717) is 13.0 Å². The quantitative estimate of drug-likeness (QED) is 0.770. The zero-order valence-corrected chi connectivity index (χ0v) is 14.0. The van der Waals surface area contributed by atoms with Gasteiger partial charge in [0, 0.05) is 24.8 Å². The van der Waals surface area contributed by atoms with E-state index in [4.69, 9.17) is 14.2 Å². The van der Waals surface area contributed by atoms with Crippen LogP contribution in [0.4, 0.5) is 0 Å². The molecular formula is C19H26O4. The molecule has 4 heteroatoms. The molecule has 2 fully saturated rings. The van der Waals surface area contributed by atoms with Gasteiger partial charge < -0.3 is 14.2 Å². The van der Waals surface area contributed by atoms with Crippen molar-refractivity contribution in [3.05, 3.63) is 29.8 Å². The number of Topliss-reactive ketones (excluding diaryl/α,β-unsaturated/α-hetero) is 1. The van der Waals surface area contributed by atoms with E-state index >= 15 is 0 Å². The Kier molecular flexibility index (Phi) is 5.02. The molecule has 2 aliphatic rings. The van der Waals surface area contributed by atoms with Gasteiger partial charge in [0.25, 0.3) is 0 Å². The Hall–Kier alpha value is -1.39. The largest absolute Gasteiger partial charge is 0.497 e. The molecule has 1 aromatic rings. The van der Waals surface area contributed by atoms with E-state index in [0.717, 1.165) is 24.2 Å². The molecule has 4 nitrogen and oxygen atoms in total. The normalized spacial score (nSPS) is 24.5. The fourth-order valence-electron chi connectivity index (χ4n) is 3.53. The van der Waals surface area contributed by atoms with Crippen LogP contribution in [0.5, 0.6) is 5.75 Å². The maximum Gasteiger partial charge on any atom is 0.168 e. The topological polar surface area (TPSA) is 44.8 Å². The van der Waals surface area contributed by atoms with Crippen LogP contribution < -0.4 is 4.74 Å². The maximum atomic E-state index is 12.4. The van der Waals surface area contributed by atoms with E-state index in [1.54, 1.807) is 7.11 Å². The van der Waals surface area contributed by atoms with Crippen LogP contribution in [0.25, 0.3) is 0 Å². The van der Waals surface area contributed by atoms with Crippen molar-refractivity contribution in [1.82, 2.24) is 0 Å². The van der Waals surface area contributed by atoms with Crippen LogP contribution >= 0.6 is 0 Å². The van der Waals surface area contributed by atoms with Crippen LogP contribution in [0.2, 0.25) is 0 Å². The fraction of sp³-hybridized carbons (Fsp3) is 0.632. The van der Waals surface area contributed by atoms with E-state index in [-0.39, 0.29) is 23.6 Å². The van der Waals surface area contributed by atoms with Gasteiger partial charge in [-0.2, -0.15) is 0 Å². The van der Waals surface area contributed by atoms with Crippen molar-refractivity contribution in [3.8, 4) is 5.75 Å². The summed E-state index contributed by atoms with van der Waals surface area (Å²) in [7, 11) is 1.62. The summed E-state index contributed by atoms with van der Waals surface area (Å²) in [5.74, 6) is 0.709. The Bertz CT molecular complexity index is 531. The molecule has 0 amide bonds. The third kappa shape index (κ3) is 3.75. The third-order valence-electron chi connectivity index (χ3n) is 5.05. The van der Waals surface area contributed by atoms with Crippen LogP contribution in [0.3, 0.4) is 0 Å². The Morgan fingerprint density at radius 3 is 2.61 bits per heavy atom. The predicted octanol–water partition coefficient (Wildman–Crippen LogP) is 3.98. The molecule has 0 bridgehead atoms. The molecule has 1 aliphatic carbocycles. The van der Waals surface area contributed by atoms with E-state index in [9.17, 15) is 4.79 Å². The van der Waals surface area contributed by atoms with Crippen LogP contribution in [-0.4, -0.2) is 31.4 Å². The number of hydrogen-bond acceptors (Lipinski definition) is 4. The second-order valence-corrected chi connectivity index (χ2v) is 6.77. The summed E-state index contributed by atoms with van der Waals surface area (Å²) in [6.45, 7) is 2.69. The second-order valence-electron chi connectivity index (χ2n) is 6.77. The zero-order chi connectivity index (χ0) is 16.3. The molecule has 1 saturated heterocycles. The van der Waals surface area contributed by atoms with Crippen LogP contribution in [0.15, 0.2) is 24.3 Å². The average Bonchev–Trinajstić information content (AvgIpc) is 2.99. The molecule has 0 N–H and O–H groups in total. The first-order valence-electron chi connectivity index (χ1n) is 8.61. The highest BCUT2D eigenvalue weighted by atomic mass is 16.7. The Balaban J connectivity index is 1.56. The van der Waals surface area contributed by atoms with E-state index in [2.05, 4.69) is 6.92 Å².